The van der Waals surface area contributed by atoms with Gasteiger partial charge in [0, 0.05) is 12.7 Å². The first-order chi connectivity index (χ1) is 9.54. The highest BCUT2D eigenvalue weighted by molar-refractivity contribution is 7.91. The first-order valence-corrected chi connectivity index (χ1v) is 8.81. The number of aromatic amines is 1. The molecule has 0 bridgehead atoms. The minimum atomic E-state index is -3.24. The number of imidazole rings is 1. The molecule has 0 saturated carbocycles. The Bertz CT molecular complexity index is 715. The van der Waals surface area contributed by atoms with Gasteiger partial charge in [0.25, 0.3) is 0 Å². The van der Waals surface area contributed by atoms with Crippen LogP contribution in [0.25, 0.3) is 11.0 Å². The number of nitrogens with zero attached hydrogens (tertiary/aromatic N) is 1. The van der Waals surface area contributed by atoms with Gasteiger partial charge in [0.2, 0.25) is 0 Å². The monoisotopic (exact) mass is 293 g/mol. The van der Waals surface area contributed by atoms with Gasteiger partial charge in [-0.15, -0.1) is 0 Å². The molecule has 1 aromatic heterocycles. The Morgan fingerprint density at radius 3 is 2.95 bits per heavy atom. The Hall–Kier alpha value is -1.40. The number of fused-ring (bicyclic) bond motifs is 1. The predicted octanol–water partition coefficient (Wildman–Crippen LogP) is 1.51. The highest BCUT2D eigenvalue weighted by Gasteiger charge is 2.17. The number of aromatic nitrogens is 2. The molecular weight excluding hydrogens is 274 g/mol. The highest BCUT2D eigenvalue weighted by atomic mass is 32.2. The third kappa shape index (κ3) is 2.71. The second-order valence-corrected chi connectivity index (χ2v) is 7.49. The van der Waals surface area contributed by atoms with Crippen LogP contribution in [0.2, 0.25) is 0 Å². The maximum Gasteiger partial charge on any atom is 0.177 e. The van der Waals surface area contributed by atoms with Crippen molar-refractivity contribution >= 4 is 20.9 Å². The molecule has 3 rings (SSSR count). The quantitative estimate of drug-likeness (QED) is 0.896. The van der Waals surface area contributed by atoms with Gasteiger partial charge in [-0.2, -0.15) is 0 Å². The van der Waals surface area contributed by atoms with E-state index in [0.29, 0.717) is 16.3 Å². The maximum atomic E-state index is 11.8. The van der Waals surface area contributed by atoms with Crippen LogP contribution in [0.4, 0.5) is 0 Å². The molecule has 1 aliphatic rings. The van der Waals surface area contributed by atoms with Crippen LogP contribution < -0.4 is 5.32 Å². The molecule has 108 valence electrons. The third-order valence-corrected chi connectivity index (χ3v) is 5.00. The number of aryl methyl sites for hydroxylation is 1. The van der Waals surface area contributed by atoms with E-state index in [4.69, 9.17) is 0 Å². The van der Waals surface area contributed by atoms with Crippen LogP contribution >= 0.6 is 0 Å². The Morgan fingerprint density at radius 2 is 2.25 bits per heavy atom. The fourth-order valence-electron chi connectivity index (χ4n) is 2.78. The Kier molecular flexibility index (Phi) is 3.52. The summed E-state index contributed by atoms with van der Waals surface area (Å²) in [6.45, 7) is 2.18. The average molecular weight is 293 g/mol. The van der Waals surface area contributed by atoms with Crippen LogP contribution in [0, 0.1) is 5.92 Å². The molecule has 0 spiro atoms. The summed E-state index contributed by atoms with van der Waals surface area (Å²) in [7, 11) is -3.24. The molecule has 6 heteroatoms. The summed E-state index contributed by atoms with van der Waals surface area (Å²) in [5, 5.41) is 3.35. The number of sulfone groups is 1. The van der Waals surface area contributed by atoms with E-state index in [1.165, 1.54) is 12.7 Å². The van der Waals surface area contributed by atoms with E-state index in [1.807, 2.05) is 6.07 Å². The van der Waals surface area contributed by atoms with Gasteiger partial charge in [0.1, 0.15) is 11.3 Å². The molecule has 2 aromatic rings. The number of benzene rings is 1. The zero-order valence-corrected chi connectivity index (χ0v) is 12.3. The van der Waals surface area contributed by atoms with E-state index >= 15 is 0 Å². The van der Waals surface area contributed by atoms with Crippen molar-refractivity contribution < 1.29 is 8.42 Å². The van der Waals surface area contributed by atoms with Gasteiger partial charge in [-0.1, -0.05) is 6.07 Å². The molecule has 20 heavy (non-hydrogen) atoms. The fraction of sp³-hybridized carbons (Fsp3) is 0.500. The van der Waals surface area contributed by atoms with Crippen LogP contribution in [0.15, 0.2) is 23.1 Å². The molecule has 1 aromatic carbocycles. The van der Waals surface area contributed by atoms with Gasteiger partial charge in [0.15, 0.2) is 9.84 Å². The van der Waals surface area contributed by atoms with Crippen LogP contribution in [0.5, 0.6) is 0 Å². The molecule has 2 heterocycles. The summed E-state index contributed by atoms with van der Waals surface area (Å²) in [6.07, 6.45) is 4.39. The zero-order chi connectivity index (χ0) is 14.2. The number of hydrogen-bond donors (Lipinski definition) is 2. The Balaban J connectivity index is 1.86. The second-order valence-electron chi connectivity index (χ2n) is 5.51. The fourth-order valence-corrected chi connectivity index (χ4v) is 3.61. The van der Waals surface area contributed by atoms with E-state index in [1.54, 1.807) is 12.1 Å². The van der Waals surface area contributed by atoms with E-state index in [2.05, 4.69) is 15.3 Å². The molecule has 0 aliphatic carbocycles. The van der Waals surface area contributed by atoms with Crippen molar-refractivity contribution in [3.8, 4) is 0 Å². The van der Waals surface area contributed by atoms with Gasteiger partial charge >= 0.3 is 0 Å². The van der Waals surface area contributed by atoms with Crippen molar-refractivity contribution in [3.05, 3.63) is 24.0 Å². The molecule has 0 amide bonds. The van der Waals surface area contributed by atoms with Crippen molar-refractivity contribution in [2.75, 3.05) is 19.3 Å². The number of hydrogen-bond acceptors (Lipinski definition) is 4. The summed E-state index contributed by atoms with van der Waals surface area (Å²) >= 11 is 0. The van der Waals surface area contributed by atoms with Gasteiger partial charge in [-0.25, -0.2) is 13.4 Å². The molecule has 1 saturated heterocycles. The normalized spacial score (nSPS) is 19.8. The van der Waals surface area contributed by atoms with E-state index < -0.39 is 9.84 Å². The first kappa shape index (κ1) is 13.6. The number of para-hydroxylation sites is 1. The van der Waals surface area contributed by atoms with Crippen LogP contribution in [-0.4, -0.2) is 37.7 Å². The first-order valence-electron chi connectivity index (χ1n) is 6.92. The van der Waals surface area contributed by atoms with E-state index in [9.17, 15) is 8.42 Å². The molecule has 0 radical (unpaired) electrons. The molecule has 1 unspecified atom stereocenters. The molecule has 2 N–H and O–H groups in total. The largest absolute Gasteiger partial charge is 0.342 e. The standard InChI is InChI=1S/C14H19N3O2S/c1-20(18,19)12-4-2-3-11-14(12)17-13(16-11)6-5-10-7-8-15-9-10/h2-4,10,15H,5-9H2,1H3,(H,16,17). The van der Waals surface area contributed by atoms with Gasteiger partial charge in [0.05, 0.1) is 10.4 Å². The summed E-state index contributed by atoms with van der Waals surface area (Å²) in [6, 6.07) is 5.24. The van der Waals surface area contributed by atoms with E-state index in [0.717, 1.165) is 37.3 Å². The lowest BCUT2D eigenvalue weighted by atomic mass is 10.0. The third-order valence-electron chi connectivity index (χ3n) is 3.88. The summed E-state index contributed by atoms with van der Waals surface area (Å²) in [5.41, 5.74) is 1.36. The van der Waals surface area contributed by atoms with E-state index in [-0.39, 0.29) is 0 Å². The predicted molar refractivity (Wildman–Crippen MR) is 78.5 cm³/mol. The molecular formula is C14H19N3O2S. The van der Waals surface area contributed by atoms with Crippen molar-refractivity contribution in [1.29, 1.82) is 0 Å². The lowest BCUT2D eigenvalue weighted by Crippen LogP contribution is -2.09. The minimum Gasteiger partial charge on any atom is -0.342 e. The Morgan fingerprint density at radius 1 is 1.40 bits per heavy atom. The summed E-state index contributed by atoms with van der Waals surface area (Å²) in [4.78, 5) is 8.03. The number of rotatable bonds is 4. The minimum absolute atomic E-state index is 0.306. The molecule has 1 fully saturated rings. The molecule has 1 aliphatic heterocycles. The SMILES string of the molecule is CS(=O)(=O)c1cccc2[nH]c(CCC3CCNC3)nc12. The average Bonchev–Trinajstić information content (AvgIpc) is 3.03. The lowest BCUT2D eigenvalue weighted by molar-refractivity contribution is 0.526. The topological polar surface area (TPSA) is 74.8 Å². The van der Waals surface area contributed by atoms with Crippen molar-refractivity contribution in [2.45, 2.75) is 24.2 Å². The van der Waals surface area contributed by atoms with Crippen molar-refractivity contribution in [1.82, 2.24) is 15.3 Å². The number of nitrogens with one attached hydrogen (secondary N) is 2. The van der Waals surface area contributed by atoms with Gasteiger partial charge in [-0.05, 0) is 44.0 Å². The summed E-state index contributed by atoms with van der Waals surface area (Å²) < 4.78 is 23.5. The van der Waals surface area contributed by atoms with Crippen molar-refractivity contribution in [3.63, 3.8) is 0 Å². The summed E-state index contributed by atoms with van der Waals surface area (Å²) in [5.74, 6) is 1.58. The van der Waals surface area contributed by atoms with Gasteiger partial charge < -0.3 is 10.3 Å². The highest BCUT2D eigenvalue weighted by Crippen LogP contribution is 2.22. The smallest absolute Gasteiger partial charge is 0.177 e. The molecule has 5 nitrogen and oxygen atoms in total. The van der Waals surface area contributed by atoms with Crippen molar-refractivity contribution in [2.24, 2.45) is 5.92 Å². The Labute approximate surface area is 118 Å². The van der Waals surface area contributed by atoms with Crippen LogP contribution in [-0.2, 0) is 16.3 Å². The maximum absolute atomic E-state index is 11.8. The van der Waals surface area contributed by atoms with Crippen LogP contribution in [0.1, 0.15) is 18.7 Å². The van der Waals surface area contributed by atoms with Crippen LogP contribution in [0.3, 0.4) is 0 Å². The molecule has 1 atom stereocenters. The van der Waals surface area contributed by atoms with Gasteiger partial charge in [-0.3, -0.25) is 0 Å². The zero-order valence-electron chi connectivity index (χ0n) is 11.5. The second kappa shape index (κ2) is 5.18. The number of H-pyrrole nitrogens is 1. The lowest BCUT2D eigenvalue weighted by Gasteiger charge is -2.05.